The van der Waals surface area contributed by atoms with E-state index in [1.165, 1.54) is 18.9 Å². The SMILES string of the molecule is COc1cnc(CSc2nnnn2C)cc1OCC(=O)Nc1ccc2c(c1)OCCO2. The molecular formula is C19H20N6O5S. The number of carbonyl (C=O) groups is 1. The van der Waals surface area contributed by atoms with E-state index in [2.05, 4.69) is 25.8 Å². The number of aryl methyl sites for hydroxylation is 1. The fourth-order valence-corrected chi connectivity index (χ4v) is 3.51. The molecule has 0 aliphatic carbocycles. The number of nitrogens with zero attached hydrogens (tertiary/aromatic N) is 5. The van der Waals surface area contributed by atoms with Crippen molar-refractivity contribution in [3.8, 4) is 23.0 Å². The van der Waals surface area contributed by atoms with Crippen LogP contribution in [0, 0.1) is 0 Å². The van der Waals surface area contributed by atoms with Crippen molar-refractivity contribution in [3.05, 3.63) is 36.2 Å². The summed E-state index contributed by atoms with van der Waals surface area (Å²) in [5.74, 6) is 2.31. The molecule has 3 aromatic rings. The lowest BCUT2D eigenvalue weighted by atomic mass is 10.2. The molecule has 1 amide bonds. The summed E-state index contributed by atoms with van der Waals surface area (Å²) < 4.78 is 23.6. The number of aromatic nitrogens is 5. The van der Waals surface area contributed by atoms with Gasteiger partial charge in [-0.05, 0) is 22.6 Å². The number of tetrazole rings is 1. The highest BCUT2D eigenvalue weighted by Crippen LogP contribution is 2.33. The minimum Gasteiger partial charge on any atom is -0.491 e. The first-order valence-corrected chi connectivity index (χ1v) is 10.3. The van der Waals surface area contributed by atoms with Gasteiger partial charge in [0.25, 0.3) is 5.91 Å². The minimum absolute atomic E-state index is 0.200. The number of methoxy groups -OCH3 is 1. The van der Waals surface area contributed by atoms with E-state index in [9.17, 15) is 4.79 Å². The molecule has 4 rings (SSSR count). The Balaban J connectivity index is 1.36. The van der Waals surface area contributed by atoms with Crippen LogP contribution in [0.15, 0.2) is 35.6 Å². The molecule has 0 radical (unpaired) electrons. The number of pyridine rings is 1. The van der Waals surface area contributed by atoms with Crippen molar-refractivity contribution in [3.63, 3.8) is 0 Å². The van der Waals surface area contributed by atoms with E-state index < -0.39 is 0 Å². The average Bonchev–Trinajstić information content (AvgIpc) is 3.21. The Morgan fingerprint density at radius 1 is 1.23 bits per heavy atom. The molecule has 0 spiro atoms. The van der Waals surface area contributed by atoms with Gasteiger partial charge in [0.05, 0.1) is 19.0 Å². The van der Waals surface area contributed by atoms with Gasteiger partial charge in [0.1, 0.15) is 13.2 Å². The summed E-state index contributed by atoms with van der Waals surface area (Å²) in [7, 11) is 3.28. The second-order valence-corrected chi connectivity index (χ2v) is 7.34. The lowest BCUT2D eigenvalue weighted by Gasteiger charge is -2.19. The van der Waals surface area contributed by atoms with Crippen LogP contribution < -0.4 is 24.3 Å². The third kappa shape index (κ3) is 5.15. The third-order valence-electron chi connectivity index (χ3n) is 4.22. The Morgan fingerprint density at radius 3 is 2.84 bits per heavy atom. The number of amides is 1. The molecule has 12 heteroatoms. The predicted octanol–water partition coefficient (Wildman–Crippen LogP) is 1.69. The normalized spacial score (nSPS) is 12.3. The molecule has 0 unspecified atom stereocenters. The minimum atomic E-state index is -0.323. The zero-order chi connectivity index (χ0) is 21.6. The number of thioether (sulfide) groups is 1. The molecule has 0 bridgehead atoms. The van der Waals surface area contributed by atoms with E-state index in [4.69, 9.17) is 18.9 Å². The molecule has 162 valence electrons. The van der Waals surface area contributed by atoms with Crippen molar-refractivity contribution in [2.45, 2.75) is 10.9 Å². The molecular weight excluding hydrogens is 424 g/mol. The van der Waals surface area contributed by atoms with Gasteiger partial charge < -0.3 is 24.3 Å². The van der Waals surface area contributed by atoms with Crippen molar-refractivity contribution in [1.29, 1.82) is 0 Å². The summed E-state index contributed by atoms with van der Waals surface area (Å²) in [6, 6.07) is 6.95. The maximum Gasteiger partial charge on any atom is 0.262 e. The van der Waals surface area contributed by atoms with Crippen LogP contribution in [0.25, 0.3) is 0 Å². The molecule has 0 saturated heterocycles. The summed E-state index contributed by atoms with van der Waals surface area (Å²) >= 11 is 1.43. The third-order valence-corrected chi connectivity index (χ3v) is 5.27. The van der Waals surface area contributed by atoms with Gasteiger partial charge in [0, 0.05) is 30.6 Å². The average molecular weight is 444 g/mol. The van der Waals surface area contributed by atoms with Crippen molar-refractivity contribution in [1.82, 2.24) is 25.2 Å². The molecule has 11 nitrogen and oxygen atoms in total. The highest BCUT2D eigenvalue weighted by Gasteiger charge is 2.14. The number of carbonyl (C=O) groups excluding carboxylic acids is 1. The van der Waals surface area contributed by atoms with E-state index in [1.54, 1.807) is 42.2 Å². The van der Waals surface area contributed by atoms with Gasteiger partial charge in [0.15, 0.2) is 29.6 Å². The largest absolute Gasteiger partial charge is 0.491 e. The van der Waals surface area contributed by atoms with Crippen molar-refractivity contribution < 1.29 is 23.7 Å². The first kappa shape index (κ1) is 20.7. The van der Waals surface area contributed by atoms with Gasteiger partial charge in [0.2, 0.25) is 5.16 Å². The van der Waals surface area contributed by atoms with Crippen LogP contribution in [-0.2, 0) is 17.6 Å². The fraction of sp³-hybridized carbons (Fsp3) is 0.316. The van der Waals surface area contributed by atoms with Crippen LogP contribution in [0.3, 0.4) is 0 Å². The molecule has 1 aliphatic heterocycles. The Bertz CT molecular complexity index is 1080. The maximum atomic E-state index is 12.4. The molecule has 0 atom stereocenters. The fourth-order valence-electron chi connectivity index (χ4n) is 2.75. The zero-order valence-corrected chi connectivity index (χ0v) is 17.7. The van der Waals surface area contributed by atoms with Crippen LogP contribution in [0.1, 0.15) is 5.69 Å². The summed E-state index contributed by atoms with van der Waals surface area (Å²) in [6.45, 7) is 0.786. The topological polar surface area (TPSA) is 123 Å². The monoisotopic (exact) mass is 444 g/mol. The second-order valence-electron chi connectivity index (χ2n) is 6.40. The quantitative estimate of drug-likeness (QED) is 0.514. The van der Waals surface area contributed by atoms with Gasteiger partial charge in [-0.1, -0.05) is 11.8 Å². The standard InChI is InChI=1S/C19H20N6O5S/c1-25-19(22-23-24-25)31-11-13-8-16(17(27-2)9-20-13)30-10-18(26)21-12-3-4-14-15(7-12)29-6-5-28-14/h3-4,7-9H,5-6,10-11H2,1-2H3,(H,21,26). The van der Waals surface area contributed by atoms with E-state index in [-0.39, 0.29) is 12.5 Å². The highest BCUT2D eigenvalue weighted by molar-refractivity contribution is 7.98. The first-order chi connectivity index (χ1) is 15.1. The van der Waals surface area contributed by atoms with E-state index >= 15 is 0 Å². The number of hydrogen-bond donors (Lipinski definition) is 1. The molecule has 3 heterocycles. The predicted molar refractivity (Wildman–Crippen MR) is 111 cm³/mol. The molecule has 1 aliphatic rings. The Morgan fingerprint density at radius 2 is 2.06 bits per heavy atom. The number of hydrogen-bond acceptors (Lipinski definition) is 10. The second kappa shape index (κ2) is 9.51. The van der Waals surface area contributed by atoms with Gasteiger partial charge >= 0.3 is 0 Å². The van der Waals surface area contributed by atoms with Crippen LogP contribution in [0.2, 0.25) is 0 Å². The van der Waals surface area contributed by atoms with Crippen molar-refractivity contribution in [2.75, 3.05) is 32.2 Å². The molecule has 0 fully saturated rings. The molecule has 1 N–H and O–H groups in total. The Kier molecular flexibility index (Phi) is 6.36. The molecule has 0 saturated carbocycles. The van der Waals surface area contributed by atoms with Crippen molar-refractivity contribution >= 4 is 23.4 Å². The van der Waals surface area contributed by atoms with Gasteiger partial charge in [-0.25, -0.2) is 4.68 Å². The van der Waals surface area contributed by atoms with Crippen LogP contribution >= 0.6 is 11.8 Å². The van der Waals surface area contributed by atoms with E-state index in [0.29, 0.717) is 52.8 Å². The van der Waals surface area contributed by atoms with E-state index in [0.717, 1.165) is 5.69 Å². The van der Waals surface area contributed by atoms with Gasteiger partial charge in [-0.3, -0.25) is 9.78 Å². The number of anilines is 1. The van der Waals surface area contributed by atoms with Crippen LogP contribution in [0.5, 0.6) is 23.0 Å². The highest BCUT2D eigenvalue weighted by atomic mass is 32.2. The molecule has 31 heavy (non-hydrogen) atoms. The summed E-state index contributed by atoms with van der Waals surface area (Å²) in [5.41, 5.74) is 1.32. The summed E-state index contributed by atoms with van der Waals surface area (Å²) in [5, 5.41) is 14.8. The van der Waals surface area contributed by atoms with Crippen molar-refractivity contribution in [2.24, 2.45) is 7.05 Å². The first-order valence-electron chi connectivity index (χ1n) is 9.33. The van der Waals surface area contributed by atoms with Gasteiger partial charge in [-0.15, -0.1) is 5.10 Å². The summed E-state index contributed by atoms with van der Waals surface area (Å²) in [6.07, 6.45) is 1.55. The number of ether oxygens (including phenoxy) is 4. The van der Waals surface area contributed by atoms with Gasteiger partial charge in [-0.2, -0.15) is 0 Å². The van der Waals surface area contributed by atoms with Crippen LogP contribution in [0.4, 0.5) is 5.69 Å². The number of rotatable bonds is 8. The molecule has 2 aromatic heterocycles. The van der Waals surface area contributed by atoms with Crippen LogP contribution in [-0.4, -0.2) is 58.0 Å². The Labute approximate surface area is 182 Å². The zero-order valence-electron chi connectivity index (χ0n) is 16.9. The number of benzene rings is 1. The smallest absolute Gasteiger partial charge is 0.262 e. The number of fused-ring (bicyclic) bond motifs is 1. The summed E-state index contributed by atoms with van der Waals surface area (Å²) in [4.78, 5) is 16.7. The lowest BCUT2D eigenvalue weighted by molar-refractivity contribution is -0.118. The number of nitrogens with one attached hydrogen (secondary N) is 1. The lowest BCUT2D eigenvalue weighted by Crippen LogP contribution is -2.21. The van der Waals surface area contributed by atoms with E-state index in [1.807, 2.05) is 0 Å². The molecule has 1 aromatic carbocycles. The Hall–Kier alpha value is -3.54. The maximum absolute atomic E-state index is 12.4.